The van der Waals surface area contributed by atoms with E-state index in [0.717, 1.165) is 18.6 Å². The lowest BCUT2D eigenvalue weighted by Gasteiger charge is -2.21. The van der Waals surface area contributed by atoms with Gasteiger partial charge in [0.15, 0.2) is 0 Å². The number of halogens is 1. The van der Waals surface area contributed by atoms with Gasteiger partial charge in [-0.1, -0.05) is 59.2 Å². The normalized spacial score (nSPS) is 12.9. The lowest BCUT2D eigenvalue weighted by Crippen LogP contribution is -1.97. The molecule has 0 aliphatic rings. The molecule has 0 atom stereocenters. The minimum absolute atomic E-state index is 0.929. The highest BCUT2D eigenvalue weighted by atomic mass is 35.7. The molecule has 0 unspecified atom stereocenters. The molecule has 0 spiro atoms. The molecule has 110 valence electrons. The summed E-state index contributed by atoms with van der Waals surface area (Å²) in [4.78, 5) is 0. The highest BCUT2D eigenvalue weighted by molar-refractivity contribution is 8.50. The van der Waals surface area contributed by atoms with Crippen molar-refractivity contribution in [1.29, 1.82) is 0 Å². The third-order valence-electron chi connectivity index (χ3n) is 3.94. The summed E-state index contributed by atoms with van der Waals surface area (Å²) in [5, 5.41) is 5.45. The molecule has 0 aliphatic heterocycles. The van der Waals surface area contributed by atoms with Crippen molar-refractivity contribution in [2.24, 2.45) is 0 Å². The van der Waals surface area contributed by atoms with Crippen LogP contribution in [0.15, 0.2) is 54.6 Å². The molecule has 0 heterocycles. The molecule has 0 N–H and O–H groups in total. The fourth-order valence-electron chi connectivity index (χ4n) is 2.97. The van der Waals surface area contributed by atoms with Crippen molar-refractivity contribution in [2.75, 3.05) is 18.3 Å². The molecule has 0 aromatic heterocycles. The third kappa shape index (κ3) is 3.36. The first-order chi connectivity index (χ1) is 10.0. The standard InChI is InChI=1S/C19H21ClS/c1-21(2,20)13-7-12-19-17-10-5-3-8-15(17)14-16-9-4-6-11-18(16)19/h3-6,8-11,14H,7,12-13H2,1-2H3. The number of benzene rings is 3. The Kier molecular flexibility index (Phi) is 4.14. The van der Waals surface area contributed by atoms with Crippen LogP contribution in [-0.4, -0.2) is 18.3 Å². The zero-order valence-corrected chi connectivity index (χ0v) is 14.2. The molecule has 0 fully saturated rings. The van der Waals surface area contributed by atoms with E-state index >= 15 is 0 Å². The zero-order chi connectivity index (χ0) is 14.9. The molecule has 0 radical (unpaired) electrons. The second-order valence-corrected chi connectivity index (χ2v) is 11.7. The van der Waals surface area contributed by atoms with Crippen LogP contribution in [0, 0.1) is 0 Å². The van der Waals surface area contributed by atoms with E-state index in [-0.39, 0.29) is 0 Å². The van der Waals surface area contributed by atoms with Gasteiger partial charge in [-0.15, -0.1) is 0 Å². The van der Waals surface area contributed by atoms with Crippen LogP contribution in [0.3, 0.4) is 0 Å². The quantitative estimate of drug-likeness (QED) is 0.507. The van der Waals surface area contributed by atoms with Gasteiger partial charge in [-0.25, -0.2) is 0 Å². The van der Waals surface area contributed by atoms with E-state index in [0.29, 0.717) is 0 Å². The van der Waals surface area contributed by atoms with E-state index in [1.165, 1.54) is 27.1 Å². The maximum atomic E-state index is 6.42. The minimum Gasteiger partial charge on any atom is -0.169 e. The van der Waals surface area contributed by atoms with E-state index in [4.69, 9.17) is 10.7 Å². The molecule has 0 saturated heterocycles. The second kappa shape index (κ2) is 5.90. The summed E-state index contributed by atoms with van der Waals surface area (Å²) >= 11 is 0. The predicted octanol–water partition coefficient (Wildman–Crippen LogP) is 6.14. The fraction of sp³-hybridized carbons (Fsp3) is 0.263. The van der Waals surface area contributed by atoms with Crippen LogP contribution in [0.5, 0.6) is 0 Å². The summed E-state index contributed by atoms with van der Waals surface area (Å²) in [6.07, 6.45) is 6.61. The largest absolute Gasteiger partial charge is 0.169 e. The molecular formula is C19H21ClS. The number of hydrogen-bond acceptors (Lipinski definition) is 0. The Balaban J connectivity index is 2.07. The van der Waals surface area contributed by atoms with Gasteiger partial charge in [-0.05, 0) is 64.3 Å². The monoisotopic (exact) mass is 316 g/mol. The first-order valence-electron chi connectivity index (χ1n) is 7.35. The summed E-state index contributed by atoms with van der Waals surface area (Å²) in [7, 11) is 5.49. The van der Waals surface area contributed by atoms with Gasteiger partial charge in [0.2, 0.25) is 0 Å². The molecule has 0 amide bonds. The van der Waals surface area contributed by atoms with Gasteiger partial charge in [-0.2, -0.15) is 9.24 Å². The van der Waals surface area contributed by atoms with Crippen LogP contribution in [0.4, 0.5) is 0 Å². The van der Waals surface area contributed by atoms with E-state index < -0.39 is 9.24 Å². The van der Waals surface area contributed by atoms with E-state index in [2.05, 4.69) is 67.1 Å². The molecule has 3 aromatic rings. The van der Waals surface area contributed by atoms with Gasteiger partial charge >= 0.3 is 0 Å². The smallest absolute Gasteiger partial charge is 0.0103 e. The van der Waals surface area contributed by atoms with Crippen molar-refractivity contribution in [3.63, 3.8) is 0 Å². The van der Waals surface area contributed by atoms with Gasteiger partial charge in [0.1, 0.15) is 0 Å². The number of hydrogen-bond donors (Lipinski definition) is 0. The van der Waals surface area contributed by atoms with Gasteiger partial charge in [0.25, 0.3) is 0 Å². The van der Waals surface area contributed by atoms with E-state index in [9.17, 15) is 0 Å². The Morgan fingerprint density at radius 2 is 1.38 bits per heavy atom. The van der Waals surface area contributed by atoms with Crippen molar-refractivity contribution >= 4 is 41.5 Å². The van der Waals surface area contributed by atoms with E-state index in [1.807, 2.05) is 0 Å². The number of fused-ring (bicyclic) bond motifs is 2. The summed E-state index contributed by atoms with van der Waals surface area (Å²) < 4.78 is 0. The molecule has 2 heteroatoms. The molecular weight excluding hydrogens is 296 g/mol. The predicted molar refractivity (Wildman–Crippen MR) is 99.9 cm³/mol. The highest BCUT2D eigenvalue weighted by Gasteiger charge is 2.10. The first kappa shape index (κ1) is 14.7. The number of aryl methyl sites for hydroxylation is 1. The molecule has 0 bridgehead atoms. The molecule has 0 aliphatic carbocycles. The van der Waals surface area contributed by atoms with Crippen LogP contribution >= 0.6 is 19.9 Å². The van der Waals surface area contributed by atoms with Crippen LogP contribution < -0.4 is 0 Å². The Bertz CT molecular complexity index is 717. The fourth-order valence-corrected chi connectivity index (χ4v) is 4.13. The Hall–Kier alpha value is -1.18. The van der Waals surface area contributed by atoms with Gasteiger partial charge < -0.3 is 0 Å². The van der Waals surface area contributed by atoms with Crippen molar-refractivity contribution in [3.05, 3.63) is 60.2 Å². The second-order valence-electron chi connectivity index (χ2n) is 6.01. The average Bonchev–Trinajstić information content (AvgIpc) is 2.45. The zero-order valence-electron chi connectivity index (χ0n) is 12.6. The van der Waals surface area contributed by atoms with Crippen molar-refractivity contribution in [2.45, 2.75) is 12.8 Å². The van der Waals surface area contributed by atoms with Crippen molar-refractivity contribution < 1.29 is 0 Å². The summed E-state index contributed by atoms with van der Waals surface area (Å²) in [6, 6.07) is 19.7. The molecule has 21 heavy (non-hydrogen) atoms. The van der Waals surface area contributed by atoms with Crippen molar-refractivity contribution in [1.82, 2.24) is 0 Å². The SMILES string of the molecule is CS(C)(Cl)CCCc1c2ccccc2cc2ccccc12. The highest BCUT2D eigenvalue weighted by Crippen LogP contribution is 2.46. The topological polar surface area (TPSA) is 0 Å². The maximum Gasteiger partial charge on any atom is -0.0103 e. The Morgan fingerprint density at radius 1 is 0.857 bits per heavy atom. The lowest BCUT2D eigenvalue weighted by atomic mass is 9.94. The Labute approximate surface area is 132 Å². The van der Waals surface area contributed by atoms with Gasteiger partial charge in [0.05, 0.1) is 0 Å². The van der Waals surface area contributed by atoms with Crippen molar-refractivity contribution in [3.8, 4) is 0 Å². The van der Waals surface area contributed by atoms with Crippen LogP contribution in [0.2, 0.25) is 0 Å². The van der Waals surface area contributed by atoms with Gasteiger partial charge in [0, 0.05) is 0 Å². The summed E-state index contributed by atoms with van der Waals surface area (Å²) in [5.74, 6) is 1.12. The van der Waals surface area contributed by atoms with E-state index in [1.54, 1.807) is 0 Å². The molecule has 0 saturated carbocycles. The lowest BCUT2D eigenvalue weighted by molar-refractivity contribution is 0.946. The molecule has 3 rings (SSSR count). The maximum absolute atomic E-state index is 6.42. The molecule has 0 nitrogen and oxygen atoms in total. The number of rotatable bonds is 4. The first-order valence-corrected chi connectivity index (χ1v) is 10.8. The summed E-state index contributed by atoms with van der Waals surface area (Å²) in [5.41, 5.74) is 1.48. The molecule has 3 aromatic carbocycles. The van der Waals surface area contributed by atoms with Crippen LogP contribution in [-0.2, 0) is 6.42 Å². The van der Waals surface area contributed by atoms with Crippen LogP contribution in [0.25, 0.3) is 21.5 Å². The Morgan fingerprint density at radius 3 is 1.90 bits per heavy atom. The summed E-state index contributed by atoms with van der Waals surface area (Å²) in [6.45, 7) is 0. The third-order valence-corrected chi connectivity index (χ3v) is 5.66. The van der Waals surface area contributed by atoms with Crippen LogP contribution in [0.1, 0.15) is 12.0 Å². The minimum atomic E-state index is -0.929. The van der Waals surface area contributed by atoms with Gasteiger partial charge in [-0.3, -0.25) is 0 Å². The average molecular weight is 317 g/mol.